The Hall–Kier alpha value is -3.84. The number of allylic oxidation sites excluding steroid dienone is 1. The Labute approximate surface area is 223 Å². The number of thiocarbonyl (C=S) groups is 1. The number of ether oxygens (including phenoxy) is 2. The second kappa shape index (κ2) is 9.90. The van der Waals surface area contributed by atoms with Crippen molar-refractivity contribution >= 4 is 40.2 Å². The van der Waals surface area contributed by atoms with Gasteiger partial charge in [-0.15, -0.1) is 0 Å². The largest absolute Gasteiger partial charge is 0.497 e. The highest BCUT2D eigenvalue weighted by Crippen LogP contribution is 2.50. The molecule has 1 aliphatic carbocycles. The van der Waals surface area contributed by atoms with Gasteiger partial charge in [0.15, 0.2) is 10.9 Å². The highest BCUT2D eigenvalue weighted by molar-refractivity contribution is 7.80. The topological polar surface area (TPSA) is 62.8 Å². The predicted octanol–water partition coefficient (Wildman–Crippen LogP) is 6.72. The van der Waals surface area contributed by atoms with Gasteiger partial charge in [0.1, 0.15) is 11.5 Å². The summed E-state index contributed by atoms with van der Waals surface area (Å²) in [6, 6.07) is 23.0. The second-order valence-corrected chi connectivity index (χ2v) is 10.5. The summed E-state index contributed by atoms with van der Waals surface area (Å²) in [5, 5.41) is 7.50. The Morgan fingerprint density at radius 3 is 2.46 bits per heavy atom. The summed E-state index contributed by atoms with van der Waals surface area (Å²) >= 11 is 6.06. The van der Waals surface area contributed by atoms with Gasteiger partial charge in [0.05, 0.1) is 31.6 Å². The fourth-order valence-electron chi connectivity index (χ4n) is 5.25. The molecule has 190 valence electrons. The number of nitrogens with zero attached hydrogens (tertiary/aromatic N) is 1. The molecule has 0 saturated heterocycles. The number of carbonyl (C=O) groups excluding carboxylic acids is 1. The molecule has 1 aliphatic heterocycles. The molecule has 1 heterocycles. The molecule has 0 bridgehead atoms. The third kappa shape index (κ3) is 4.79. The lowest BCUT2D eigenvalue weighted by Gasteiger charge is -2.38. The number of hydrogen-bond acceptors (Lipinski definition) is 5. The number of benzene rings is 3. The maximum absolute atomic E-state index is 13.9. The monoisotopic (exact) mass is 513 g/mol. The SMILES string of the molecule is COc1ccc(C2C3=C(CC(C)(C)CC3=O)Nc3ccccc3N2C(=S)Nc2ccccc2)c(OC)c1. The highest BCUT2D eigenvalue weighted by Gasteiger charge is 2.43. The van der Waals surface area contributed by atoms with Crippen molar-refractivity contribution in [2.45, 2.75) is 32.7 Å². The first kappa shape index (κ1) is 24.8. The molecule has 1 unspecified atom stereocenters. The second-order valence-electron chi connectivity index (χ2n) is 10.2. The van der Waals surface area contributed by atoms with Gasteiger partial charge >= 0.3 is 0 Å². The minimum Gasteiger partial charge on any atom is -0.497 e. The number of carbonyl (C=O) groups is 1. The van der Waals surface area contributed by atoms with E-state index in [1.54, 1.807) is 14.2 Å². The number of para-hydroxylation sites is 3. The zero-order chi connectivity index (χ0) is 26.2. The van der Waals surface area contributed by atoms with Crippen LogP contribution < -0.4 is 25.0 Å². The van der Waals surface area contributed by atoms with Crippen molar-refractivity contribution in [3.05, 3.63) is 89.6 Å². The van der Waals surface area contributed by atoms with Crippen molar-refractivity contribution in [1.29, 1.82) is 0 Å². The van der Waals surface area contributed by atoms with E-state index in [1.165, 1.54) is 0 Å². The minimum absolute atomic E-state index is 0.0990. The third-order valence-electron chi connectivity index (χ3n) is 6.88. The molecule has 3 aromatic carbocycles. The maximum Gasteiger partial charge on any atom is 0.178 e. The number of nitrogens with one attached hydrogen (secondary N) is 2. The molecule has 1 atom stereocenters. The number of Topliss-reactive ketones (excluding diaryl/α,β-unsaturated/α-hetero) is 1. The van der Waals surface area contributed by atoms with Crippen LogP contribution in [0.3, 0.4) is 0 Å². The van der Waals surface area contributed by atoms with Gasteiger partial charge in [-0.05, 0) is 60.5 Å². The van der Waals surface area contributed by atoms with Crippen molar-refractivity contribution in [3.8, 4) is 11.5 Å². The van der Waals surface area contributed by atoms with E-state index in [9.17, 15) is 4.79 Å². The van der Waals surface area contributed by atoms with Crippen molar-refractivity contribution in [2.24, 2.45) is 5.41 Å². The number of methoxy groups -OCH3 is 2. The third-order valence-corrected chi connectivity index (χ3v) is 7.18. The number of anilines is 3. The van der Waals surface area contributed by atoms with Gasteiger partial charge in [0, 0.05) is 35.0 Å². The smallest absolute Gasteiger partial charge is 0.178 e. The Kier molecular flexibility index (Phi) is 6.65. The van der Waals surface area contributed by atoms with Gasteiger partial charge in [0.2, 0.25) is 0 Å². The zero-order valence-corrected chi connectivity index (χ0v) is 22.3. The van der Waals surface area contributed by atoms with Crippen LogP contribution >= 0.6 is 12.2 Å². The highest BCUT2D eigenvalue weighted by atomic mass is 32.1. The Morgan fingerprint density at radius 2 is 1.73 bits per heavy atom. The van der Waals surface area contributed by atoms with Crippen LogP contribution in [0, 0.1) is 5.41 Å². The Morgan fingerprint density at radius 1 is 1.00 bits per heavy atom. The molecule has 5 rings (SSSR count). The van der Waals surface area contributed by atoms with E-state index in [4.69, 9.17) is 21.7 Å². The molecule has 2 aliphatic rings. The molecule has 7 heteroatoms. The molecular weight excluding hydrogens is 482 g/mol. The fraction of sp³-hybridized carbons (Fsp3) is 0.267. The maximum atomic E-state index is 13.9. The normalized spacial score (nSPS) is 18.2. The molecule has 37 heavy (non-hydrogen) atoms. The number of fused-ring (bicyclic) bond motifs is 1. The van der Waals surface area contributed by atoms with Crippen molar-refractivity contribution < 1.29 is 14.3 Å². The summed E-state index contributed by atoms with van der Waals surface area (Å²) < 4.78 is 11.3. The van der Waals surface area contributed by atoms with Crippen LogP contribution in [-0.4, -0.2) is 25.1 Å². The number of rotatable bonds is 4. The summed E-state index contributed by atoms with van der Waals surface area (Å²) in [6.45, 7) is 4.27. The summed E-state index contributed by atoms with van der Waals surface area (Å²) in [4.78, 5) is 16.0. The molecule has 0 radical (unpaired) electrons. The molecule has 6 nitrogen and oxygen atoms in total. The Bertz CT molecular complexity index is 1380. The average Bonchev–Trinajstić information content (AvgIpc) is 3.02. The minimum atomic E-state index is -0.515. The van der Waals surface area contributed by atoms with E-state index in [-0.39, 0.29) is 11.2 Å². The summed E-state index contributed by atoms with van der Waals surface area (Å²) in [5.74, 6) is 1.40. The van der Waals surface area contributed by atoms with Gasteiger partial charge in [-0.25, -0.2) is 0 Å². The summed E-state index contributed by atoms with van der Waals surface area (Å²) in [7, 11) is 3.26. The molecule has 0 amide bonds. The van der Waals surface area contributed by atoms with E-state index < -0.39 is 6.04 Å². The number of ketones is 1. The quantitative estimate of drug-likeness (QED) is 0.376. The van der Waals surface area contributed by atoms with Crippen LogP contribution in [0.5, 0.6) is 11.5 Å². The van der Waals surface area contributed by atoms with Gasteiger partial charge in [-0.1, -0.05) is 44.2 Å². The lowest BCUT2D eigenvalue weighted by molar-refractivity contribution is -0.118. The van der Waals surface area contributed by atoms with Crippen LogP contribution in [0.4, 0.5) is 17.1 Å². The molecule has 0 saturated carbocycles. The lowest BCUT2D eigenvalue weighted by atomic mass is 9.73. The van der Waals surface area contributed by atoms with E-state index in [1.807, 2.05) is 77.7 Å². The van der Waals surface area contributed by atoms with E-state index in [0.29, 0.717) is 28.6 Å². The van der Waals surface area contributed by atoms with Crippen LogP contribution in [-0.2, 0) is 4.79 Å². The van der Waals surface area contributed by atoms with Gasteiger partial charge in [-0.3, -0.25) is 4.79 Å². The van der Waals surface area contributed by atoms with Crippen molar-refractivity contribution in [1.82, 2.24) is 0 Å². The van der Waals surface area contributed by atoms with Gasteiger partial charge in [0.25, 0.3) is 0 Å². The zero-order valence-electron chi connectivity index (χ0n) is 21.5. The molecular formula is C30H31N3O3S. The van der Waals surface area contributed by atoms with Crippen LogP contribution in [0.15, 0.2) is 84.1 Å². The molecule has 0 spiro atoms. The lowest BCUT2D eigenvalue weighted by Crippen LogP contribution is -2.41. The summed E-state index contributed by atoms with van der Waals surface area (Å²) in [5.41, 5.74) is 4.93. The standard InChI is InChI=1S/C30H31N3O3S/c1-30(2)17-23-27(25(34)18-30)28(21-15-14-20(35-3)16-26(21)36-4)33(24-13-9-8-12-22(24)32-23)29(37)31-19-10-6-5-7-11-19/h5-16,28,32H,17-18H2,1-4H3,(H,31,37). The van der Waals surface area contributed by atoms with Crippen molar-refractivity contribution in [3.63, 3.8) is 0 Å². The number of hydrogen-bond donors (Lipinski definition) is 2. The summed E-state index contributed by atoms with van der Waals surface area (Å²) in [6.07, 6.45) is 1.19. The van der Waals surface area contributed by atoms with E-state index in [0.717, 1.165) is 34.7 Å². The first-order valence-corrected chi connectivity index (χ1v) is 12.7. The van der Waals surface area contributed by atoms with E-state index >= 15 is 0 Å². The first-order valence-electron chi connectivity index (χ1n) is 12.3. The predicted molar refractivity (Wildman–Crippen MR) is 153 cm³/mol. The first-order chi connectivity index (χ1) is 17.8. The van der Waals surface area contributed by atoms with Gasteiger partial charge in [-0.2, -0.15) is 0 Å². The van der Waals surface area contributed by atoms with Crippen LogP contribution in [0.25, 0.3) is 0 Å². The molecule has 0 aromatic heterocycles. The van der Waals surface area contributed by atoms with Gasteiger partial charge < -0.3 is 25.0 Å². The van der Waals surface area contributed by atoms with Crippen LogP contribution in [0.1, 0.15) is 38.3 Å². The Balaban J connectivity index is 1.76. The molecule has 0 fully saturated rings. The molecule has 2 N–H and O–H groups in total. The molecule has 3 aromatic rings. The van der Waals surface area contributed by atoms with Crippen LogP contribution in [0.2, 0.25) is 0 Å². The van der Waals surface area contributed by atoms with E-state index in [2.05, 4.69) is 24.5 Å². The van der Waals surface area contributed by atoms with Crippen molar-refractivity contribution in [2.75, 3.05) is 29.8 Å². The fourth-order valence-corrected chi connectivity index (χ4v) is 5.58. The average molecular weight is 514 g/mol.